The summed E-state index contributed by atoms with van der Waals surface area (Å²) in [5.41, 5.74) is 2.87. The molecule has 162 valence electrons. The van der Waals surface area contributed by atoms with Gasteiger partial charge < -0.3 is 9.80 Å². The molecule has 0 N–H and O–H groups in total. The predicted molar refractivity (Wildman–Crippen MR) is 125 cm³/mol. The minimum absolute atomic E-state index is 0.136. The van der Waals surface area contributed by atoms with Gasteiger partial charge in [-0.15, -0.1) is 11.8 Å². The summed E-state index contributed by atoms with van der Waals surface area (Å²) in [5.74, 6) is -0.949. The van der Waals surface area contributed by atoms with Gasteiger partial charge in [-0.05, 0) is 43.7 Å². The van der Waals surface area contributed by atoms with E-state index in [4.69, 9.17) is 0 Å². The van der Waals surface area contributed by atoms with E-state index >= 15 is 0 Å². The molecule has 1 spiro atoms. The minimum atomic E-state index is -1.18. The number of carbonyl (C=O) groups excluding carboxylic acids is 2. The van der Waals surface area contributed by atoms with Gasteiger partial charge in [-0.2, -0.15) is 0 Å². The summed E-state index contributed by atoms with van der Waals surface area (Å²) < 4.78 is 13.6. The molecule has 3 aromatic rings. The number of nitrogens with zero attached hydrogens (tertiary/aromatic N) is 2. The first-order valence-corrected chi connectivity index (χ1v) is 11.4. The van der Waals surface area contributed by atoms with Crippen molar-refractivity contribution >= 4 is 29.3 Å². The number of halogens is 1. The molecule has 2 heterocycles. The summed E-state index contributed by atoms with van der Waals surface area (Å²) in [6.45, 7) is 4.87. The summed E-state index contributed by atoms with van der Waals surface area (Å²) in [6.07, 6.45) is 0. The van der Waals surface area contributed by atoms with Crippen LogP contribution in [0.3, 0.4) is 0 Å². The molecule has 0 aromatic heterocycles. The van der Waals surface area contributed by atoms with E-state index in [0.717, 1.165) is 16.8 Å². The van der Waals surface area contributed by atoms with Crippen molar-refractivity contribution in [2.45, 2.75) is 30.0 Å². The van der Waals surface area contributed by atoms with Gasteiger partial charge in [0.15, 0.2) is 4.87 Å². The van der Waals surface area contributed by atoms with Gasteiger partial charge in [0.05, 0.1) is 12.2 Å². The first kappa shape index (κ1) is 20.8. The van der Waals surface area contributed by atoms with Crippen LogP contribution < -0.4 is 4.90 Å². The van der Waals surface area contributed by atoms with Gasteiger partial charge in [0.1, 0.15) is 5.82 Å². The molecule has 1 fully saturated rings. The second kappa shape index (κ2) is 7.48. The van der Waals surface area contributed by atoms with Crippen LogP contribution in [-0.2, 0) is 16.2 Å². The Morgan fingerprint density at radius 1 is 1.00 bits per heavy atom. The lowest BCUT2D eigenvalue weighted by Gasteiger charge is -2.33. The molecule has 0 unspecified atom stereocenters. The highest BCUT2D eigenvalue weighted by atomic mass is 32.2. The summed E-state index contributed by atoms with van der Waals surface area (Å²) in [4.78, 5) is 30.0. The zero-order valence-corrected chi connectivity index (χ0v) is 18.7. The average molecular weight is 447 g/mol. The molecule has 0 saturated carbocycles. The van der Waals surface area contributed by atoms with Gasteiger partial charge in [0, 0.05) is 22.4 Å². The van der Waals surface area contributed by atoms with Crippen molar-refractivity contribution in [2.75, 3.05) is 11.4 Å². The largest absolute Gasteiger partial charge is 0.310 e. The van der Waals surface area contributed by atoms with Crippen LogP contribution in [0.5, 0.6) is 0 Å². The molecule has 5 rings (SSSR count). The second-order valence-electron chi connectivity index (χ2n) is 8.80. The summed E-state index contributed by atoms with van der Waals surface area (Å²) in [5, 5.41) is 0. The monoisotopic (exact) mass is 446 g/mol. The van der Waals surface area contributed by atoms with E-state index in [1.807, 2.05) is 68.4 Å². The number of rotatable bonds is 3. The van der Waals surface area contributed by atoms with Gasteiger partial charge in [0.25, 0.3) is 11.8 Å². The molecular formula is C26H23FN2O2S. The van der Waals surface area contributed by atoms with Crippen LogP contribution in [0.1, 0.15) is 35.3 Å². The predicted octanol–water partition coefficient (Wildman–Crippen LogP) is 5.19. The summed E-state index contributed by atoms with van der Waals surface area (Å²) in [7, 11) is 0. The Morgan fingerprint density at radius 3 is 2.47 bits per heavy atom. The Kier molecular flexibility index (Phi) is 4.86. The molecule has 6 heteroatoms. The molecular weight excluding hydrogens is 423 g/mol. The average Bonchev–Trinajstić information content (AvgIpc) is 3.20. The fourth-order valence-corrected chi connectivity index (χ4v) is 6.39. The van der Waals surface area contributed by atoms with Crippen molar-refractivity contribution in [2.24, 2.45) is 0 Å². The molecule has 2 aliphatic rings. The van der Waals surface area contributed by atoms with E-state index in [2.05, 4.69) is 0 Å². The van der Waals surface area contributed by atoms with Crippen molar-refractivity contribution in [1.29, 1.82) is 0 Å². The lowest BCUT2D eigenvalue weighted by Crippen LogP contribution is -2.50. The lowest BCUT2D eigenvalue weighted by molar-refractivity contribution is -0.123. The maximum atomic E-state index is 14.1. The highest BCUT2D eigenvalue weighted by Gasteiger charge is 2.63. The molecule has 2 aliphatic heterocycles. The number of benzene rings is 3. The summed E-state index contributed by atoms with van der Waals surface area (Å²) in [6, 6.07) is 23.2. The number of hydrogen-bond donors (Lipinski definition) is 0. The van der Waals surface area contributed by atoms with Crippen LogP contribution in [0.2, 0.25) is 0 Å². The van der Waals surface area contributed by atoms with E-state index in [0.29, 0.717) is 13.1 Å². The van der Waals surface area contributed by atoms with E-state index in [1.165, 1.54) is 30.0 Å². The normalized spacial score (nSPS) is 21.3. The third kappa shape index (κ3) is 3.21. The van der Waals surface area contributed by atoms with Crippen molar-refractivity contribution in [1.82, 2.24) is 4.90 Å². The molecule has 4 nitrogen and oxygen atoms in total. The fraction of sp³-hybridized carbons (Fsp3) is 0.231. The molecule has 2 amide bonds. The third-order valence-electron chi connectivity index (χ3n) is 5.94. The Bertz CT molecular complexity index is 1210. The highest BCUT2D eigenvalue weighted by molar-refractivity contribution is 8.02. The molecule has 0 bridgehead atoms. The first-order valence-electron chi connectivity index (χ1n) is 10.5. The van der Waals surface area contributed by atoms with Crippen molar-refractivity contribution < 1.29 is 14.0 Å². The number of para-hydroxylation sites is 1. The number of amides is 2. The lowest BCUT2D eigenvalue weighted by atomic mass is 10.0. The van der Waals surface area contributed by atoms with Crippen molar-refractivity contribution in [3.63, 3.8) is 0 Å². The van der Waals surface area contributed by atoms with E-state index in [9.17, 15) is 14.0 Å². The number of hydrogen-bond acceptors (Lipinski definition) is 3. The molecule has 32 heavy (non-hydrogen) atoms. The first-order chi connectivity index (χ1) is 15.3. The standard InChI is InChI=1S/C26H23FN2O2S/c1-25(2)17-29(23(30)19-11-8-12-20(27)15-19)26(32-25)21-13-6-7-14-22(21)28(24(26)31)16-18-9-4-3-5-10-18/h3-15H,16-17H2,1-2H3/t26-/m1/s1. The summed E-state index contributed by atoms with van der Waals surface area (Å²) >= 11 is 1.50. The third-order valence-corrected chi connectivity index (χ3v) is 7.53. The van der Waals surface area contributed by atoms with Gasteiger partial charge in [-0.3, -0.25) is 9.59 Å². The maximum Gasteiger partial charge on any atom is 0.268 e. The Hall–Kier alpha value is -3.12. The van der Waals surface area contributed by atoms with Gasteiger partial charge in [0.2, 0.25) is 0 Å². The number of anilines is 1. The second-order valence-corrected chi connectivity index (χ2v) is 10.7. The Morgan fingerprint density at radius 2 is 1.72 bits per heavy atom. The molecule has 0 aliphatic carbocycles. The maximum absolute atomic E-state index is 14.1. The Balaban J connectivity index is 1.63. The quantitative estimate of drug-likeness (QED) is 0.556. The van der Waals surface area contributed by atoms with E-state index in [1.54, 1.807) is 15.9 Å². The van der Waals surface area contributed by atoms with E-state index < -0.39 is 10.7 Å². The number of fused-ring (bicyclic) bond motifs is 2. The zero-order chi connectivity index (χ0) is 22.5. The topological polar surface area (TPSA) is 40.6 Å². The van der Waals surface area contributed by atoms with Crippen LogP contribution in [0.4, 0.5) is 10.1 Å². The smallest absolute Gasteiger partial charge is 0.268 e. The van der Waals surface area contributed by atoms with Crippen molar-refractivity contribution in [3.8, 4) is 0 Å². The number of carbonyl (C=O) groups is 2. The van der Waals surface area contributed by atoms with Crippen LogP contribution in [0.15, 0.2) is 78.9 Å². The molecule has 3 aromatic carbocycles. The van der Waals surface area contributed by atoms with E-state index in [-0.39, 0.29) is 22.1 Å². The number of thioether (sulfide) groups is 1. The van der Waals surface area contributed by atoms with Gasteiger partial charge in [-0.25, -0.2) is 4.39 Å². The zero-order valence-electron chi connectivity index (χ0n) is 17.9. The van der Waals surface area contributed by atoms with Crippen LogP contribution >= 0.6 is 11.8 Å². The molecule has 1 saturated heterocycles. The van der Waals surface area contributed by atoms with Gasteiger partial charge in [-0.1, -0.05) is 54.6 Å². The molecule has 1 atom stereocenters. The Labute approximate surface area is 191 Å². The minimum Gasteiger partial charge on any atom is -0.310 e. The van der Waals surface area contributed by atoms with Crippen molar-refractivity contribution in [3.05, 3.63) is 101 Å². The van der Waals surface area contributed by atoms with Crippen LogP contribution in [0, 0.1) is 5.82 Å². The fourth-order valence-electron chi connectivity index (χ4n) is 4.66. The molecule has 0 radical (unpaired) electrons. The SMILES string of the molecule is CC1(C)CN(C(=O)c2cccc(F)c2)[C@]2(S1)C(=O)N(Cc1ccccc1)c1ccccc12. The highest BCUT2D eigenvalue weighted by Crippen LogP contribution is 2.60. The van der Waals surface area contributed by atoms with Gasteiger partial charge >= 0.3 is 0 Å². The van der Waals surface area contributed by atoms with Crippen LogP contribution in [0.25, 0.3) is 0 Å². The van der Waals surface area contributed by atoms with Crippen LogP contribution in [-0.4, -0.2) is 28.0 Å².